The van der Waals surface area contributed by atoms with Gasteiger partial charge in [-0.3, -0.25) is 4.79 Å². The second-order valence-electron chi connectivity index (χ2n) is 5.84. The molecule has 1 aromatic carbocycles. The van der Waals surface area contributed by atoms with E-state index in [1.807, 2.05) is 19.1 Å². The summed E-state index contributed by atoms with van der Waals surface area (Å²) in [5.41, 5.74) is 2.95. The molecule has 0 aromatic heterocycles. The van der Waals surface area contributed by atoms with Crippen molar-refractivity contribution in [3.05, 3.63) is 34.9 Å². The molecule has 0 saturated carbocycles. The van der Waals surface area contributed by atoms with E-state index >= 15 is 0 Å². The third-order valence-electron chi connectivity index (χ3n) is 3.86. The molecule has 0 aliphatic carbocycles. The van der Waals surface area contributed by atoms with Gasteiger partial charge in [0.05, 0.1) is 0 Å². The molecule has 2 nitrogen and oxygen atoms in total. The Labute approximate surface area is 122 Å². The van der Waals surface area contributed by atoms with Crippen LogP contribution in [-0.4, -0.2) is 23.8 Å². The molecule has 0 bridgehead atoms. The van der Waals surface area contributed by atoms with E-state index in [0.717, 1.165) is 24.2 Å². The highest BCUT2D eigenvalue weighted by atomic mass is 16.1. The van der Waals surface area contributed by atoms with Crippen molar-refractivity contribution in [2.75, 3.05) is 13.1 Å². The fourth-order valence-corrected chi connectivity index (χ4v) is 2.45. The molecule has 1 aromatic rings. The van der Waals surface area contributed by atoms with Crippen LogP contribution in [-0.2, 0) is 0 Å². The minimum atomic E-state index is -0.0597. The molecule has 1 heterocycles. The molecule has 0 N–H and O–H groups in total. The summed E-state index contributed by atoms with van der Waals surface area (Å²) in [6.07, 6.45) is 3.65. The highest BCUT2D eigenvalue weighted by Crippen LogP contribution is 2.19. The first-order valence-corrected chi connectivity index (χ1v) is 7.49. The van der Waals surface area contributed by atoms with Gasteiger partial charge < -0.3 is 4.90 Å². The lowest BCUT2D eigenvalue weighted by Gasteiger charge is -2.21. The number of benzene rings is 1. The maximum Gasteiger partial charge on any atom is 0.237 e. The Morgan fingerprint density at radius 3 is 2.55 bits per heavy atom. The van der Waals surface area contributed by atoms with Crippen molar-refractivity contribution in [3.8, 4) is 12.0 Å². The van der Waals surface area contributed by atoms with Gasteiger partial charge in [-0.25, -0.2) is 0 Å². The highest BCUT2D eigenvalue weighted by Gasteiger charge is 2.10. The van der Waals surface area contributed by atoms with E-state index in [4.69, 9.17) is 0 Å². The minimum absolute atomic E-state index is 0.0597. The first-order chi connectivity index (χ1) is 9.58. The summed E-state index contributed by atoms with van der Waals surface area (Å²) in [5.74, 6) is 3.18. The van der Waals surface area contributed by atoms with E-state index in [9.17, 15) is 4.79 Å². The Hall–Kier alpha value is -1.75. The molecule has 1 aliphatic rings. The quantitative estimate of drug-likeness (QED) is 0.602. The van der Waals surface area contributed by atoms with Crippen LogP contribution < -0.4 is 0 Å². The molecular formula is C18H23NO. The fraction of sp³-hybridized carbons (Fsp3) is 0.500. The number of likely N-dealkylation sites (tertiary alicyclic amines) is 1. The lowest BCUT2D eigenvalue weighted by molar-refractivity contribution is 0.105. The Morgan fingerprint density at radius 2 is 1.90 bits per heavy atom. The molecule has 0 unspecified atom stereocenters. The van der Waals surface area contributed by atoms with Crippen LogP contribution in [0.3, 0.4) is 0 Å². The van der Waals surface area contributed by atoms with Crippen LogP contribution >= 0.6 is 0 Å². The van der Waals surface area contributed by atoms with Crippen LogP contribution in [0, 0.1) is 18.9 Å². The van der Waals surface area contributed by atoms with Crippen LogP contribution in [0.25, 0.3) is 0 Å². The Morgan fingerprint density at radius 1 is 1.20 bits per heavy atom. The van der Waals surface area contributed by atoms with Crippen molar-refractivity contribution in [2.24, 2.45) is 0 Å². The molecule has 0 radical (unpaired) electrons. The maximum atomic E-state index is 12.3. The van der Waals surface area contributed by atoms with Crippen molar-refractivity contribution < 1.29 is 4.79 Å². The monoisotopic (exact) mass is 269 g/mol. The highest BCUT2D eigenvalue weighted by molar-refractivity contribution is 6.10. The number of carbonyl (C=O) groups excluding carboxylic acids is 1. The Bertz CT molecular complexity index is 542. The summed E-state index contributed by atoms with van der Waals surface area (Å²) in [6, 6.07) is 9.13. The molecule has 1 saturated heterocycles. The number of ketones is 1. The van der Waals surface area contributed by atoms with Gasteiger partial charge >= 0.3 is 0 Å². The second-order valence-corrected chi connectivity index (χ2v) is 5.84. The average Bonchev–Trinajstić information content (AvgIpc) is 2.46. The Balaban J connectivity index is 2.16. The molecule has 0 spiro atoms. The lowest BCUT2D eigenvalue weighted by Crippen LogP contribution is -2.25. The van der Waals surface area contributed by atoms with Gasteiger partial charge in [0, 0.05) is 24.7 Å². The summed E-state index contributed by atoms with van der Waals surface area (Å²) >= 11 is 0. The van der Waals surface area contributed by atoms with Gasteiger partial charge in [0.25, 0.3) is 0 Å². The summed E-state index contributed by atoms with van der Waals surface area (Å²) in [5, 5.41) is 0. The first kappa shape index (κ1) is 14.7. The van der Waals surface area contributed by atoms with Crippen molar-refractivity contribution in [2.45, 2.75) is 46.0 Å². The zero-order chi connectivity index (χ0) is 14.5. The summed E-state index contributed by atoms with van der Waals surface area (Å²) in [6.45, 7) is 8.23. The van der Waals surface area contributed by atoms with Gasteiger partial charge in [0.15, 0.2) is 0 Å². The number of rotatable bonds is 2. The van der Waals surface area contributed by atoms with Gasteiger partial charge in [0.2, 0.25) is 5.78 Å². The molecule has 20 heavy (non-hydrogen) atoms. The van der Waals surface area contributed by atoms with E-state index in [2.05, 4.69) is 36.8 Å². The number of Topliss-reactive ketones (excluding diaryl/α,β-unsaturated/α-hetero) is 1. The van der Waals surface area contributed by atoms with Crippen molar-refractivity contribution >= 4 is 5.78 Å². The standard InChI is InChI=1S/C18H23NO/c1-14(2)16-8-7-15(3)17(13-16)18(20)9-12-19-10-5-4-6-11-19/h7-8,13-14H,4-6,10-11H2,1-3H3. The van der Waals surface area contributed by atoms with Gasteiger partial charge in [-0.05, 0) is 55.2 Å². The van der Waals surface area contributed by atoms with Crippen LogP contribution in [0.4, 0.5) is 0 Å². The molecule has 0 atom stereocenters. The Kier molecular flexibility index (Phi) is 4.84. The molecular weight excluding hydrogens is 246 g/mol. The van der Waals surface area contributed by atoms with Gasteiger partial charge in [-0.1, -0.05) is 26.0 Å². The summed E-state index contributed by atoms with van der Waals surface area (Å²) in [7, 11) is 0. The number of piperidine rings is 1. The van der Waals surface area contributed by atoms with Crippen molar-refractivity contribution in [3.63, 3.8) is 0 Å². The van der Waals surface area contributed by atoms with E-state index < -0.39 is 0 Å². The summed E-state index contributed by atoms with van der Waals surface area (Å²) < 4.78 is 0. The van der Waals surface area contributed by atoms with E-state index in [-0.39, 0.29) is 5.78 Å². The maximum absolute atomic E-state index is 12.3. The number of nitrogens with zero attached hydrogens (tertiary/aromatic N) is 1. The molecule has 106 valence electrons. The zero-order valence-corrected chi connectivity index (χ0v) is 12.7. The predicted molar refractivity (Wildman–Crippen MR) is 82.8 cm³/mol. The van der Waals surface area contributed by atoms with Crippen LogP contribution in [0.1, 0.15) is 60.5 Å². The summed E-state index contributed by atoms with van der Waals surface area (Å²) in [4.78, 5) is 14.4. The minimum Gasteiger partial charge on any atom is -0.332 e. The van der Waals surface area contributed by atoms with Crippen LogP contribution in [0.5, 0.6) is 0 Å². The largest absolute Gasteiger partial charge is 0.332 e. The molecule has 1 fully saturated rings. The fourth-order valence-electron chi connectivity index (χ4n) is 2.45. The van der Waals surface area contributed by atoms with E-state index in [0.29, 0.717) is 5.92 Å². The first-order valence-electron chi connectivity index (χ1n) is 7.49. The SMILES string of the molecule is Cc1ccc(C(C)C)cc1C(=O)C#CN1CCCCC1. The average molecular weight is 269 g/mol. The van der Waals surface area contributed by atoms with Gasteiger partial charge in [-0.15, -0.1) is 0 Å². The third kappa shape index (κ3) is 3.63. The van der Waals surface area contributed by atoms with Crippen LogP contribution in [0.15, 0.2) is 18.2 Å². The van der Waals surface area contributed by atoms with Gasteiger partial charge in [-0.2, -0.15) is 0 Å². The molecule has 1 aliphatic heterocycles. The third-order valence-corrected chi connectivity index (χ3v) is 3.86. The molecule has 2 rings (SSSR count). The number of aryl methyl sites for hydroxylation is 1. The molecule has 0 amide bonds. The topological polar surface area (TPSA) is 20.3 Å². The van der Waals surface area contributed by atoms with Crippen LogP contribution in [0.2, 0.25) is 0 Å². The van der Waals surface area contributed by atoms with Crippen molar-refractivity contribution in [1.29, 1.82) is 0 Å². The van der Waals surface area contributed by atoms with E-state index in [1.165, 1.54) is 24.8 Å². The normalized spacial score (nSPS) is 14.9. The van der Waals surface area contributed by atoms with E-state index in [1.54, 1.807) is 0 Å². The predicted octanol–water partition coefficient (Wildman–Crippen LogP) is 3.75. The zero-order valence-electron chi connectivity index (χ0n) is 12.7. The smallest absolute Gasteiger partial charge is 0.237 e. The number of hydrogen-bond acceptors (Lipinski definition) is 2. The number of hydrogen-bond donors (Lipinski definition) is 0. The number of carbonyl (C=O) groups is 1. The second kappa shape index (κ2) is 6.61. The lowest BCUT2D eigenvalue weighted by atomic mass is 9.96. The van der Waals surface area contributed by atoms with Crippen molar-refractivity contribution in [1.82, 2.24) is 4.90 Å². The molecule has 2 heteroatoms. The van der Waals surface area contributed by atoms with Gasteiger partial charge in [0.1, 0.15) is 0 Å².